The Hall–Kier alpha value is -0.290. The summed E-state index contributed by atoms with van der Waals surface area (Å²) in [7, 11) is 0. The number of hydrogen-bond donors (Lipinski definition) is 1. The van der Waals surface area contributed by atoms with Gasteiger partial charge in [-0.1, -0.05) is 44.9 Å². The molecule has 0 aromatic rings. The van der Waals surface area contributed by atoms with Crippen LogP contribution in [0.15, 0.2) is 0 Å². The number of ether oxygens (including phenoxy) is 1. The van der Waals surface area contributed by atoms with Crippen LogP contribution in [0.3, 0.4) is 0 Å². The summed E-state index contributed by atoms with van der Waals surface area (Å²) in [6, 6.07) is 0. The highest BCUT2D eigenvalue weighted by Crippen LogP contribution is 2.24. The summed E-state index contributed by atoms with van der Waals surface area (Å²) in [6.45, 7) is 3.57. The maximum atomic E-state index is 12.0. The second-order valence-electron chi connectivity index (χ2n) is 4.87. The quantitative estimate of drug-likeness (QED) is 0.536. The van der Waals surface area contributed by atoms with Gasteiger partial charge in [0.1, 0.15) is 6.10 Å². The van der Waals surface area contributed by atoms with Gasteiger partial charge in [0.2, 0.25) is 0 Å². The normalized spacial score (nSPS) is 13.7. The molecule has 0 aromatic carbocycles. The number of alkyl halides is 3. The van der Waals surface area contributed by atoms with Crippen molar-refractivity contribution in [2.24, 2.45) is 0 Å². The van der Waals surface area contributed by atoms with Gasteiger partial charge >= 0.3 is 6.18 Å². The number of halogens is 3. The third-order valence-corrected chi connectivity index (χ3v) is 3.10. The van der Waals surface area contributed by atoms with Crippen LogP contribution in [0.1, 0.15) is 64.7 Å². The van der Waals surface area contributed by atoms with Crippen LogP contribution in [0, 0.1) is 0 Å². The van der Waals surface area contributed by atoms with Crippen LogP contribution in [-0.2, 0) is 4.74 Å². The van der Waals surface area contributed by atoms with Crippen LogP contribution in [0.25, 0.3) is 0 Å². The average molecular weight is 284 g/mol. The van der Waals surface area contributed by atoms with Crippen LogP contribution in [0.4, 0.5) is 13.2 Å². The van der Waals surface area contributed by atoms with Crippen molar-refractivity contribution in [2.75, 3.05) is 13.2 Å². The summed E-state index contributed by atoms with van der Waals surface area (Å²) < 4.78 is 41.2. The smallest absolute Gasteiger partial charge is 0.384 e. The molecule has 0 aliphatic rings. The van der Waals surface area contributed by atoms with Gasteiger partial charge in [-0.05, 0) is 19.8 Å². The molecular weight excluding hydrogens is 257 g/mol. The lowest BCUT2D eigenvalue weighted by atomic mass is 10.1. The highest BCUT2D eigenvalue weighted by Gasteiger charge is 2.37. The van der Waals surface area contributed by atoms with Crippen molar-refractivity contribution < 1.29 is 23.0 Å². The fourth-order valence-electron chi connectivity index (χ4n) is 1.91. The van der Waals surface area contributed by atoms with Gasteiger partial charge in [-0.25, -0.2) is 0 Å². The molecule has 0 fully saturated rings. The van der Waals surface area contributed by atoms with Crippen LogP contribution < -0.4 is 0 Å². The molecule has 0 aliphatic carbocycles. The van der Waals surface area contributed by atoms with E-state index < -0.39 is 12.3 Å². The van der Waals surface area contributed by atoms with E-state index in [0.717, 1.165) is 58.2 Å². The van der Waals surface area contributed by atoms with E-state index in [1.165, 1.54) is 0 Å². The molecule has 1 N–H and O–H groups in total. The summed E-state index contributed by atoms with van der Waals surface area (Å²) >= 11 is 0. The van der Waals surface area contributed by atoms with Gasteiger partial charge in [0.15, 0.2) is 0 Å². The molecule has 0 saturated carbocycles. The van der Waals surface area contributed by atoms with Gasteiger partial charge in [0, 0.05) is 13.2 Å². The molecule has 0 bridgehead atoms. The van der Waals surface area contributed by atoms with Gasteiger partial charge in [-0.2, -0.15) is 13.2 Å². The van der Waals surface area contributed by atoms with Gasteiger partial charge in [0.25, 0.3) is 0 Å². The molecule has 0 saturated heterocycles. The van der Waals surface area contributed by atoms with Crippen LogP contribution in [0.5, 0.6) is 0 Å². The minimum atomic E-state index is -4.46. The molecule has 116 valence electrons. The molecular formula is C14H27F3O2. The van der Waals surface area contributed by atoms with Crippen molar-refractivity contribution in [1.29, 1.82) is 0 Å². The van der Waals surface area contributed by atoms with Crippen molar-refractivity contribution >= 4 is 0 Å². The number of aliphatic hydroxyl groups excluding tert-OH is 1. The predicted molar refractivity (Wildman–Crippen MR) is 70.1 cm³/mol. The minimum Gasteiger partial charge on any atom is -0.384 e. The van der Waals surface area contributed by atoms with Crippen molar-refractivity contribution in [3.8, 4) is 0 Å². The van der Waals surface area contributed by atoms with Crippen LogP contribution in [0.2, 0.25) is 0 Å². The fourth-order valence-corrected chi connectivity index (χ4v) is 1.91. The Morgan fingerprint density at radius 2 is 1.37 bits per heavy atom. The molecule has 1 atom stereocenters. The Labute approximate surface area is 114 Å². The van der Waals surface area contributed by atoms with Crippen LogP contribution >= 0.6 is 0 Å². The number of aliphatic hydroxyl groups is 1. The van der Waals surface area contributed by atoms with E-state index in [-0.39, 0.29) is 6.42 Å². The molecule has 2 nitrogen and oxygen atoms in total. The zero-order valence-corrected chi connectivity index (χ0v) is 11.8. The molecule has 0 amide bonds. The molecule has 5 heteroatoms. The molecule has 0 heterocycles. The molecule has 0 aliphatic heterocycles. The first-order chi connectivity index (χ1) is 8.98. The maximum absolute atomic E-state index is 12.0. The molecule has 19 heavy (non-hydrogen) atoms. The zero-order valence-electron chi connectivity index (χ0n) is 11.8. The lowest BCUT2D eigenvalue weighted by molar-refractivity contribution is -0.205. The van der Waals surface area contributed by atoms with Gasteiger partial charge < -0.3 is 9.84 Å². The van der Waals surface area contributed by atoms with E-state index in [1.807, 2.05) is 6.92 Å². The Morgan fingerprint density at radius 3 is 1.84 bits per heavy atom. The highest BCUT2D eigenvalue weighted by molar-refractivity contribution is 4.64. The second-order valence-corrected chi connectivity index (χ2v) is 4.87. The Kier molecular flexibility index (Phi) is 11.4. The highest BCUT2D eigenvalue weighted by atomic mass is 19.4. The first kappa shape index (κ1) is 18.7. The number of unbranched alkanes of at least 4 members (excludes halogenated alkanes) is 7. The molecule has 0 spiro atoms. The lowest BCUT2D eigenvalue weighted by Crippen LogP contribution is -2.28. The SMILES string of the molecule is CCOCCCCCCCCCCC(O)C(F)(F)F. The van der Waals surface area contributed by atoms with Gasteiger partial charge in [-0.3, -0.25) is 0 Å². The summed E-state index contributed by atoms with van der Waals surface area (Å²) in [5.74, 6) is 0. The van der Waals surface area contributed by atoms with Crippen molar-refractivity contribution in [3.05, 3.63) is 0 Å². The molecule has 0 rings (SSSR count). The Morgan fingerprint density at radius 1 is 0.895 bits per heavy atom. The lowest BCUT2D eigenvalue weighted by Gasteiger charge is -2.13. The zero-order chi connectivity index (χ0) is 14.6. The van der Waals surface area contributed by atoms with E-state index in [1.54, 1.807) is 0 Å². The van der Waals surface area contributed by atoms with Crippen molar-refractivity contribution in [3.63, 3.8) is 0 Å². The first-order valence-corrected chi connectivity index (χ1v) is 7.31. The van der Waals surface area contributed by atoms with Crippen molar-refractivity contribution in [2.45, 2.75) is 77.0 Å². The summed E-state index contributed by atoms with van der Waals surface area (Å²) in [4.78, 5) is 0. The Bertz CT molecular complexity index is 196. The number of hydrogen-bond acceptors (Lipinski definition) is 2. The largest absolute Gasteiger partial charge is 0.414 e. The van der Waals surface area contributed by atoms with Crippen LogP contribution in [-0.4, -0.2) is 30.6 Å². The molecule has 0 aromatic heterocycles. The number of rotatable bonds is 12. The monoisotopic (exact) mass is 284 g/mol. The molecule has 0 radical (unpaired) electrons. The van der Waals surface area contributed by atoms with Crippen molar-refractivity contribution in [1.82, 2.24) is 0 Å². The predicted octanol–water partition coefficient (Wildman–Crippen LogP) is 4.46. The minimum absolute atomic E-state index is 0.169. The van der Waals surface area contributed by atoms with E-state index in [4.69, 9.17) is 9.84 Å². The summed E-state index contributed by atoms with van der Waals surface area (Å²) in [5, 5.41) is 8.79. The summed E-state index contributed by atoms with van der Waals surface area (Å²) in [5.41, 5.74) is 0. The summed E-state index contributed by atoms with van der Waals surface area (Å²) in [6.07, 6.45) is 1.01. The topological polar surface area (TPSA) is 29.5 Å². The standard InChI is InChI=1S/C14H27F3O2/c1-2-19-12-10-8-6-4-3-5-7-9-11-13(18)14(15,16)17/h13,18H,2-12H2,1H3. The van der Waals surface area contributed by atoms with Gasteiger partial charge in [0.05, 0.1) is 0 Å². The second kappa shape index (κ2) is 11.5. The Balaban J connectivity index is 3.15. The third-order valence-electron chi connectivity index (χ3n) is 3.10. The third kappa shape index (κ3) is 12.5. The van der Waals surface area contributed by atoms with E-state index >= 15 is 0 Å². The molecule has 1 unspecified atom stereocenters. The average Bonchev–Trinajstić information content (AvgIpc) is 2.34. The van der Waals surface area contributed by atoms with E-state index in [9.17, 15) is 13.2 Å². The van der Waals surface area contributed by atoms with E-state index in [0.29, 0.717) is 6.42 Å². The maximum Gasteiger partial charge on any atom is 0.414 e. The first-order valence-electron chi connectivity index (χ1n) is 7.31. The fraction of sp³-hybridized carbons (Fsp3) is 1.00. The van der Waals surface area contributed by atoms with Gasteiger partial charge in [-0.15, -0.1) is 0 Å². The van der Waals surface area contributed by atoms with E-state index in [2.05, 4.69) is 0 Å².